The highest BCUT2D eigenvalue weighted by Gasteiger charge is 2.26. The van der Waals surface area contributed by atoms with Crippen molar-refractivity contribution in [2.75, 3.05) is 25.0 Å². The smallest absolute Gasteiger partial charge is 0.222 e. The van der Waals surface area contributed by atoms with Crippen molar-refractivity contribution in [1.82, 2.24) is 9.88 Å². The molecular formula is C18H23N3OS. The molecule has 0 saturated carbocycles. The van der Waals surface area contributed by atoms with E-state index in [0.717, 1.165) is 38.2 Å². The van der Waals surface area contributed by atoms with Gasteiger partial charge in [-0.2, -0.15) is 0 Å². The molecule has 2 aromatic rings. The maximum atomic E-state index is 12.5. The molecule has 1 aliphatic heterocycles. The second-order valence-corrected chi connectivity index (χ2v) is 7.05. The predicted octanol–water partition coefficient (Wildman–Crippen LogP) is 3.20. The number of nitrogens with zero attached hydrogens (tertiary/aromatic N) is 3. The standard InChI is InChI=1S/C18H23N3OS/c1-20(18(22)10-9-16-7-5-13-23-16)15-6-4-12-21(14-15)17-8-2-3-11-19-17/h2-3,5,7-8,11,13,15H,4,6,9-10,12,14H2,1H3. The topological polar surface area (TPSA) is 36.4 Å². The number of thiophene rings is 1. The normalized spacial score (nSPS) is 18.0. The number of anilines is 1. The van der Waals surface area contributed by atoms with Gasteiger partial charge < -0.3 is 9.80 Å². The molecule has 3 heterocycles. The van der Waals surface area contributed by atoms with Crippen LogP contribution in [0.25, 0.3) is 0 Å². The van der Waals surface area contributed by atoms with Gasteiger partial charge in [-0.3, -0.25) is 4.79 Å². The van der Waals surface area contributed by atoms with Crippen LogP contribution in [-0.2, 0) is 11.2 Å². The Kier molecular flexibility index (Phi) is 5.28. The van der Waals surface area contributed by atoms with E-state index in [1.54, 1.807) is 11.3 Å². The Hall–Kier alpha value is -1.88. The van der Waals surface area contributed by atoms with Crippen molar-refractivity contribution in [3.8, 4) is 0 Å². The molecule has 0 aromatic carbocycles. The Labute approximate surface area is 141 Å². The van der Waals surface area contributed by atoms with Crippen LogP contribution in [-0.4, -0.2) is 42.0 Å². The maximum absolute atomic E-state index is 12.5. The van der Waals surface area contributed by atoms with Crippen LogP contribution in [0.3, 0.4) is 0 Å². The third-order valence-electron chi connectivity index (χ3n) is 4.48. The van der Waals surface area contributed by atoms with Gasteiger partial charge in [0, 0.05) is 43.7 Å². The molecule has 122 valence electrons. The van der Waals surface area contributed by atoms with E-state index >= 15 is 0 Å². The number of hydrogen-bond acceptors (Lipinski definition) is 4. The van der Waals surface area contributed by atoms with Crippen molar-refractivity contribution in [2.45, 2.75) is 31.7 Å². The highest BCUT2D eigenvalue weighted by Crippen LogP contribution is 2.21. The van der Waals surface area contributed by atoms with Crippen LogP contribution in [0.1, 0.15) is 24.1 Å². The van der Waals surface area contributed by atoms with E-state index in [-0.39, 0.29) is 11.9 Å². The minimum absolute atomic E-state index is 0.242. The minimum atomic E-state index is 0.242. The predicted molar refractivity (Wildman–Crippen MR) is 94.9 cm³/mol. The molecule has 4 nitrogen and oxygen atoms in total. The number of rotatable bonds is 5. The van der Waals surface area contributed by atoms with E-state index in [4.69, 9.17) is 0 Å². The number of amides is 1. The zero-order valence-electron chi connectivity index (χ0n) is 13.5. The van der Waals surface area contributed by atoms with Crippen LogP contribution in [0.4, 0.5) is 5.82 Å². The third kappa shape index (κ3) is 4.10. The van der Waals surface area contributed by atoms with Gasteiger partial charge in [0.2, 0.25) is 5.91 Å². The van der Waals surface area contributed by atoms with Gasteiger partial charge in [0.15, 0.2) is 0 Å². The second kappa shape index (κ2) is 7.59. The molecule has 0 aliphatic carbocycles. The molecule has 1 amide bonds. The van der Waals surface area contributed by atoms with Gasteiger partial charge >= 0.3 is 0 Å². The number of aryl methyl sites for hydroxylation is 1. The molecular weight excluding hydrogens is 306 g/mol. The van der Waals surface area contributed by atoms with E-state index in [0.29, 0.717) is 6.42 Å². The number of aromatic nitrogens is 1. The molecule has 0 radical (unpaired) electrons. The molecule has 2 aromatic heterocycles. The molecule has 1 unspecified atom stereocenters. The Morgan fingerprint density at radius 2 is 2.30 bits per heavy atom. The summed E-state index contributed by atoms with van der Waals surface area (Å²) in [7, 11) is 1.95. The fourth-order valence-electron chi connectivity index (χ4n) is 3.08. The van der Waals surface area contributed by atoms with Crippen molar-refractivity contribution in [2.24, 2.45) is 0 Å². The first-order valence-corrected chi connectivity index (χ1v) is 9.06. The van der Waals surface area contributed by atoms with E-state index in [1.807, 2.05) is 42.4 Å². The summed E-state index contributed by atoms with van der Waals surface area (Å²) >= 11 is 1.72. The van der Waals surface area contributed by atoms with Gasteiger partial charge in [-0.05, 0) is 42.8 Å². The highest BCUT2D eigenvalue weighted by atomic mass is 32.1. The lowest BCUT2D eigenvalue weighted by molar-refractivity contribution is -0.132. The summed E-state index contributed by atoms with van der Waals surface area (Å²) in [6, 6.07) is 10.4. The second-order valence-electron chi connectivity index (χ2n) is 6.01. The average molecular weight is 329 g/mol. The summed E-state index contributed by atoms with van der Waals surface area (Å²) in [5.74, 6) is 1.25. The summed E-state index contributed by atoms with van der Waals surface area (Å²) in [5, 5.41) is 2.06. The monoisotopic (exact) mass is 329 g/mol. The van der Waals surface area contributed by atoms with E-state index < -0.39 is 0 Å². The molecule has 1 atom stereocenters. The molecule has 1 aliphatic rings. The fourth-order valence-corrected chi connectivity index (χ4v) is 3.79. The summed E-state index contributed by atoms with van der Waals surface area (Å²) in [5.41, 5.74) is 0. The molecule has 0 spiro atoms. The summed E-state index contributed by atoms with van der Waals surface area (Å²) < 4.78 is 0. The lowest BCUT2D eigenvalue weighted by atomic mass is 10.0. The van der Waals surface area contributed by atoms with Gasteiger partial charge in [-0.1, -0.05) is 12.1 Å². The van der Waals surface area contributed by atoms with Crippen LogP contribution in [0.2, 0.25) is 0 Å². The highest BCUT2D eigenvalue weighted by molar-refractivity contribution is 7.09. The zero-order chi connectivity index (χ0) is 16.1. The van der Waals surface area contributed by atoms with Crippen molar-refractivity contribution in [1.29, 1.82) is 0 Å². The van der Waals surface area contributed by atoms with Crippen molar-refractivity contribution >= 4 is 23.1 Å². The lowest BCUT2D eigenvalue weighted by Crippen LogP contribution is -2.48. The van der Waals surface area contributed by atoms with Gasteiger partial charge in [-0.25, -0.2) is 4.98 Å². The van der Waals surface area contributed by atoms with E-state index in [9.17, 15) is 4.79 Å². The Bertz CT molecular complexity index is 614. The Morgan fingerprint density at radius 3 is 3.04 bits per heavy atom. The molecule has 0 bridgehead atoms. The summed E-state index contributed by atoms with van der Waals surface area (Å²) in [6.07, 6.45) is 5.44. The van der Waals surface area contributed by atoms with Gasteiger partial charge in [0.05, 0.1) is 0 Å². The van der Waals surface area contributed by atoms with Gasteiger partial charge in [0.1, 0.15) is 5.82 Å². The Morgan fingerprint density at radius 1 is 1.39 bits per heavy atom. The first-order valence-electron chi connectivity index (χ1n) is 8.18. The van der Waals surface area contributed by atoms with Crippen LogP contribution < -0.4 is 4.90 Å². The van der Waals surface area contributed by atoms with E-state index in [1.165, 1.54) is 4.88 Å². The first-order chi connectivity index (χ1) is 11.2. The number of likely N-dealkylation sites (N-methyl/N-ethyl adjacent to an activating group) is 1. The average Bonchev–Trinajstić information content (AvgIpc) is 3.13. The van der Waals surface area contributed by atoms with Crippen molar-refractivity contribution in [3.05, 3.63) is 46.8 Å². The van der Waals surface area contributed by atoms with Gasteiger partial charge in [-0.15, -0.1) is 11.3 Å². The number of piperidine rings is 1. The maximum Gasteiger partial charge on any atom is 0.222 e. The molecule has 5 heteroatoms. The SMILES string of the molecule is CN(C(=O)CCc1cccs1)C1CCCN(c2ccccn2)C1. The first kappa shape index (κ1) is 16.0. The largest absolute Gasteiger partial charge is 0.355 e. The Balaban J connectivity index is 1.56. The molecule has 1 saturated heterocycles. The molecule has 3 rings (SSSR count). The van der Waals surface area contributed by atoms with Gasteiger partial charge in [0.25, 0.3) is 0 Å². The fraction of sp³-hybridized carbons (Fsp3) is 0.444. The van der Waals surface area contributed by atoms with Crippen molar-refractivity contribution in [3.63, 3.8) is 0 Å². The number of hydrogen-bond donors (Lipinski definition) is 0. The van der Waals surface area contributed by atoms with E-state index in [2.05, 4.69) is 21.3 Å². The van der Waals surface area contributed by atoms with Crippen LogP contribution in [0.15, 0.2) is 41.9 Å². The molecule has 0 N–H and O–H groups in total. The van der Waals surface area contributed by atoms with Crippen LogP contribution in [0.5, 0.6) is 0 Å². The third-order valence-corrected chi connectivity index (χ3v) is 5.41. The molecule has 1 fully saturated rings. The van der Waals surface area contributed by atoms with Crippen LogP contribution in [0, 0.1) is 0 Å². The summed E-state index contributed by atoms with van der Waals surface area (Å²) in [4.78, 5) is 22.4. The minimum Gasteiger partial charge on any atom is -0.355 e. The number of pyridine rings is 1. The lowest BCUT2D eigenvalue weighted by Gasteiger charge is -2.38. The number of carbonyl (C=O) groups excluding carboxylic acids is 1. The molecule has 23 heavy (non-hydrogen) atoms. The quantitative estimate of drug-likeness (QED) is 0.845. The summed E-state index contributed by atoms with van der Waals surface area (Å²) in [6.45, 7) is 1.89. The van der Waals surface area contributed by atoms with Crippen molar-refractivity contribution < 1.29 is 4.79 Å². The van der Waals surface area contributed by atoms with Crippen LogP contribution >= 0.6 is 11.3 Å². The number of carbonyl (C=O) groups is 1. The zero-order valence-corrected chi connectivity index (χ0v) is 14.3.